The summed E-state index contributed by atoms with van der Waals surface area (Å²) >= 11 is 0. The van der Waals surface area contributed by atoms with Gasteiger partial charge in [-0.2, -0.15) is 0 Å². The number of benzene rings is 2. The highest BCUT2D eigenvalue weighted by atomic mass is 16.6. The fourth-order valence-corrected chi connectivity index (χ4v) is 3.88. The van der Waals surface area contributed by atoms with Crippen molar-refractivity contribution >= 4 is 18.0 Å². The van der Waals surface area contributed by atoms with Crippen molar-refractivity contribution in [1.82, 2.24) is 9.80 Å². The highest BCUT2D eigenvalue weighted by Crippen LogP contribution is 2.44. The third-order valence-electron chi connectivity index (χ3n) is 5.24. The zero-order valence-corrected chi connectivity index (χ0v) is 15.2. The van der Waals surface area contributed by atoms with Gasteiger partial charge >= 0.3 is 12.1 Å². The Morgan fingerprint density at radius 3 is 2.18 bits per heavy atom. The predicted molar refractivity (Wildman–Crippen MR) is 101 cm³/mol. The van der Waals surface area contributed by atoms with Crippen molar-refractivity contribution in [2.45, 2.75) is 5.92 Å². The maximum atomic E-state index is 12.5. The van der Waals surface area contributed by atoms with Crippen molar-refractivity contribution in [3.8, 4) is 11.1 Å². The van der Waals surface area contributed by atoms with Crippen LogP contribution in [0.5, 0.6) is 0 Å². The predicted octanol–water partition coefficient (Wildman–Crippen LogP) is 2.16. The number of aliphatic carboxylic acids is 1. The SMILES string of the molecule is O=C(O)CN1CCN(C(=O)OCC2c3ccccc3-c3ccccc32)CC1=O. The summed E-state index contributed by atoms with van der Waals surface area (Å²) in [6.45, 7) is 0.128. The van der Waals surface area contributed by atoms with Gasteiger partial charge in [-0.25, -0.2) is 4.79 Å². The molecule has 144 valence electrons. The van der Waals surface area contributed by atoms with E-state index in [1.54, 1.807) is 0 Å². The first kappa shape index (κ1) is 18.0. The number of piperazine rings is 1. The Bertz CT molecular complexity index is 896. The molecule has 1 aliphatic heterocycles. The molecule has 1 fully saturated rings. The van der Waals surface area contributed by atoms with Crippen LogP contribution in [0.15, 0.2) is 48.5 Å². The van der Waals surface area contributed by atoms with Crippen molar-refractivity contribution in [2.24, 2.45) is 0 Å². The number of carbonyl (C=O) groups excluding carboxylic acids is 2. The first-order chi connectivity index (χ1) is 13.5. The molecular weight excluding hydrogens is 360 g/mol. The van der Waals surface area contributed by atoms with E-state index < -0.39 is 12.1 Å². The van der Waals surface area contributed by atoms with Gasteiger partial charge in [0.1, 0.15) is 19.7 Å². The van der Waals surface area contributed by atoms with Gasteiger partial charge in [0.25, 0.3) is 0 Å². The van der Waals surface area contributed by atoms with E-state index in [1.165, 1.54) is 9.80 Å². The summed E-state index contributed by atoms with van der Waals surface area (Å²) in [7, 11) is 0. The lowest BCUT2D eigenvalue weighted by molar-refractivity contribution is -0.146. The van der Waals surface area contributed by atoms with Gasteiger partial charge in [-0.3, -0.25) is 14.5 Å². The summed E-state index contributed by atoms with van der Waals surface area (Å²) in [5.41, 5.74) is 4.55. The minimum atomic E-state index is -1.07. The van der Waals surface area contributed by atoms with Crippen molar-refractivity contribution in [2.75, 3.05) is 32.8 Å². The molecule has 4 rings (SSSR count). The second kappa shape index (κ2) is 7.34. The average molecular weight is 380 g/mol. The number of carboxylic acids is 1. The third-order valence-corrected chi connectivity index (χ3v) is 5.24. The number of nitrogens with zero attached hydrogens (tertiary/aromatic N) is 2. The molecule has 0 unspecified atom stereocenters. The van der Waals surface area contributed by atoms with Gasteiger partial charge in [-0.1, -0.05) is 48.5 Å². The summed E-state index contributed by atoms with van der Waals surface area (Å²) in [5, 5.41) is 8.83. The van der Waals surface area contributed by atoms with Gasteiger partial charge in [0.2, 0.25) is 5.91 Å². The molecular formula is C21H20N2O5. The van der Waals surface area contributed by atoms with Crippen LogP contribution in [0.1, 0.15) is 17.0 Å². The highest BCUT2D eigenvalue weighted by Gasteiger charge is 2.32. The van der Waals surface area contributed by atoms with E-state index in [4.69, 9.17) is 9.84 Å². The van der Waals surface area contributed by atoms with Crippen molar-refractivity contribution < 1.29 is 24.2 Å². The normalized spacial score (nSPS) is 15.9. The number of carbonyl (C=O) groups is 3. The zero-order chi connectivity index (χ0) is 19.7. The summed E-state index contributed by atoms with van der Waals surface area (Å²) in [5.74, 6) is -1.49. The van der Waals surface area contributed by atoms with Crippen LogP contribution in [0.25, 0.3) is 11.1 Å². The van der Waals surface area contributed by atoms with Crippen LogP contribution in [0.3, 0.4) is 0 Å². The first-order valence-electron chi connectivity index (χ1n) is 9.14. The Morgan fingerprint density at radius 2 is 1.61 bits per heavy atom. The molecule has 1 saturated heterocycles. The number of fused-ring (bicyclic) bond motifs is 3. The van der Waals surface area contributed by atoms with Crippen LogP contribution in [0.4, 0.5) is 4.79 Å². The van der Waals surface area contributed by atoms with Crippen LogP contribution in [-0.2, 0) is 14.3 Å². The molecule has 0 radical (unpaired) electrons. The van der Waals surface area contributed by atoms with Crippen molar-refractivity contribution in [3.63, 3.8) is 0 Å². The fraction of sp³-hybridized carbons (Fsp3) is 0.286. The van der Waals surface area contributed by atoms with E-state index >= 15 is 0 Å². The van der Waals surface area contributed by atoms with Crippen molar-refractivity contribution in [3.05, 3.63) is 59.7 Å². The van der Waals surface area contributed by atoms with Crippen LogP contribution < -0.4 is 0 Å². The van der Waals surface area contributed by atoms with Gasteiger partial charge in [-0.05, 0) is 22.3 Å². The Kier molecular flexibility index (Phi) is 4.73. The first-order valence-corrected chi connectivity index (χ1v) is 9.14. The van der Waals surface area contributed by atoms with E-state index in [1.807, 2.05) is 36.4 Å². The lowest BCUT2D eigenvalue weighted by Gasteiger charge is -2.33. The third kappa shape index (κ3) is 3.31. The molecule has 1 aliphatic carbocycles. The standard InChI is InChI=1S/C21H20N2O5/c24-19-11-23(10-9-22(19)12-20(25)26)21(27)28-13-18-16-7-3-1-5-14(16)15-6-2-4-8-17(15)18/h1-8,18H,9-13H2,(H,25,26). The molecule has 7 heteroatoms. The summed E-state index contributed by atoms with van der Waals surface area (Å²) < 4.78 is 5.54. The van der Waals surface area contributed by atoms with E-state index in [0.29, 0.717) is 0 Å². The second-order valence-corrected chi connectivity index (χ2v) is 6.93. The number of carboxylic acid groups (broad SMARTS) is 1. The molecule has 0 spiro atoms. The van der Waals surface area contributed by atoms with Gasteiger partial charge in [0, 0.05) is 19.0 Å². The number of ether oxygens (including phenoxy) is 1. The molecule has 7 nitrogen and oxygen atoms in total. The Balaban J connectivity index is 1.42. The molecule has 1 N–H and O–H groups in total. The monoisotopic (exact) mass is 380 g/mol. The smallest absolute Gasteiger partial charge is 0.410 e. The molecule has 0 aromatic heterocycles. The van der Waals surface area contributed by atoms with Gasteiger partial charge in [0.05, 0.1) is 0 Å². The number of amides is 2. The van der Waals surface area contributed by atoms with Crippen LogP contribution >= 0.6 is 0 Å². The average Bonchev–Trinajstić information content (AvgIpc) is 3.01. The topological polar surface area (TPSA) is 87.2 Å². The molecule has 2 aromatic rings. The Hall–Kier alpha value is -3.35. The maximum absolute atomic E-state index is 12.5. The van der Waals surface area contributed by atoms with E-state index in [9.17, 15) is 14.4 Å². The van der Waals surface area contributed by atoms with Gasteiger partial charge < -0.3 is 14.7 Å². The Labute approximate surface area is 162 Å². The molecule has 2 aromatic carbocycles. The van der Waals surface area contributed by atoms with E-state index in [2.05, 4.69) is 12.1 Å². The quantitative estimate of drug-likeness (QED) is 0.878. The lowest BCUT2D eigenvalue weighted by atomic mass is 9.98. The molecule has 0 bridgehead atoms. The van der Waals surface area contributed by atoms with E-state index in [0.717, 1.165) is 22.3 Å². The highest BCUT2D eigenvalue weighted by molar-refractivity contribution is 5.86. The summed E-state index contributed by atoms with van der Waals surface area (Å²) in [4.78, 5) is 37.9. The van der Waals surface area contributed by atoms with Crippen LogP contribution in [0, 0.1) is 0 Å². The molecule has 2 aliphatic rings. The van der Waals surface area contributed by atoms with Gasteiger partial charge in [-0.15, -0.1) is 0 Å². The summed E-state index contributed by atoms with van der Waals surface area (Å²) in [6, 6.07) is 16.1. The molecule has 1 heterocycles. The Morgan fingerprint density at radius 1 is 1.00 bits per heavy atom. The molecule has 28 heavy (non-hydrogen) atoms. The van der Waals surface area contributed by atoms with Gasteiger partial charge in [0.15, 0.2) is 0 Å². The fourth-order valence-electron chi connectivity index (χ4n) is 3.88. The maximum Gasteiger partial charge on any atom is 0.410 e. The molecule has 2 amide bonds. The lowest BCUT2D eigenvalue weighted by Crippen LogP contribution is -2.53. The van der Waals surface area contributed by atoms with Crippen LogP contribution in [-0.4, -0.2) is 65.7 Å². The number of hydrogen-bond donors (Lipinski definition) is 1. The van der Waals surface area contributed by atoms with Crippen LogP contribution in [0.2, 0.25) is 0 Å². The van der Waals surface area contributed by atoms with E-state index in [-0.39, 0.29) is 44.6 Å². The van der Waals surface area contributed by atoms with Crippen molar-refractivity contribution in [1.29, 1.82) is 0 Å². The molecule has 0 saturated carbocycles. The zero-order valence-electron chi connectivity index (χ0n) is 15.2. The summed E-state index contributed by atoms with van der Waals surface area (Å²) in [6.07, 6.45) is -0.551. The minimum Gasteiger partial charge on any atom is -0.480 e. The second-order valence-electron chi connectivity index (χ2n) is 6.93. The largest absolute Gasteiger partial charge is 0.480 e. The molecule has 0 atom stereocenters. The number of hydrogen-bond acceptors (Lipinski definition) is 4. The minimum absolute atomic E-state index is 0.0413. The number of rotatable bonds is 4.